The molecule has 6 nitrogen and oxygen atoms in total. The summed E-state index contributed by atoms with van der Waals surface area (Å²) < 4.78 is 2.15. The third-order valence-corrected chi connectivity index (χ3v) is 5.95. The van der Waals surface area contributed by atoms with E-state index in [4.69, 9.17) is 0 Å². The van der Waals surface area contributed by atoms with Gasteiger partial charge in [-0.15, -0.1) is 5.10 Å². The van der Waals surface area contributed by atoms with Gasteiger partial charge in [0, 0.05) is 41.9 Å². The fourth-order valence-corrected chi connectivity index (χ4v) is 4.32. The van der Waals surface area contributed by atoms with Gasteiger partial charge in [-0.1, -0.05) is 48.5 Å². The zero-order valence-corrected chi connectivity index (χ0v) is 17.3. The molecular formula is C25H25N5O. The van der Waals surface area contributed by atoms with Crippen LogP contribution in [0.15, 0.2) is 79.0 Å². The second-order valence-corrected chi connectivity index (χ2v) is 7.95. The largest absolute Gasteiger partial charge is 0.366 e. The van der Waals surface area contributed by atoms with Crippen molar-refractivity contribution < 1.29 is 4.79 Å². The molecule has 6 heteroatoms. The van der Waals surface area contributed by atoms with Crippen LogP contribution in [0.4, 0.5) is 5.82 Å². The molecule has 0 radical (unpaired) electrons. The van der Waals surface area contributed by atoms with Crippen molar-refractivity contribution in [3.05, 3.63) is 79.0 Å². The maximum absolute atomic E-state index is 13.2. The van der Waals surface area contributed by atoms with Gasteiger partial charge in [0.05, 0.1) is 0 Å². The van der Waals surface area contributed by atoms with E-state index in [0.717, 1.165) is 53.9 Å². The minimum atomic E-state index is 0.163. The van der Waals surface area contributed by atoms with Gasteiger partial charge in [-0.25, -0.2) is 0 Å². The topological polar surface area (TPSA) is 63.1 Å². The summed E-state index contributed by atoms with van der Waals surface area (Å²) in [6, 6.07) is 24.8. The summed E-state index contributed by atoms with van der Waals surface area (Å²) in [5.74, 6) is 0.954. The molecule has 1 aliphatic rings. The van der Waals surface area contributed by atoms with Crippen LogP contribution in [-0.2, 0) is 11.3 Å². The first-order valence-electron chi connectivity index (χ1n) is 10.7. The van der Waals surface area contributed by atoms with E-state index in [0.29, 0.717) is 12.6 Å². The van der Waals surface area contributed by atoms with Crippen molar-refractivity contribution in [3.8, 4) is 11.3 Å². The Morgan fingerprint density at radius 3 is 2.52 bits per heavy atom. The molecule has 156 valence electrons. The number of hydrogen-bond acceptors (Lipinski definition) is 4. The number of benzene rings is 2. The van der Waals surface area contributed by atoms with E-state index in [2.05, 4.69) is 50.4 Å². The molecule has 5 rings (SSSR count). The Balaban J connectivity index is 1.31. The number of nitrogens with one attached hydrogen (secondary N) is 1. The molecule has 2 aromatic heterocycles. The first kappa shape index (κ1) is 19.3. The van der Waals surface area contributed by atoms with Gasteiger partial charge in [0.1, 0.15) is 12.4 Å². The third kappa shape index (κ3) is 4.14. The van der Waals surface area contributed by atoms with Crippen LogP contribution >= 0.6 is 0 Å². The second kappa shape index (κ2) is 8.60. The van der Waals surface area contributed by atoms with E-state index in [-0.39, 0.29) is 5.91 Å². The van der Waals surface area contributed by atoms with Crippen LogP contribution in [0.2, 0.25) is 0 Å². The fourth-order valence-electron chi connectivity index (χ4n) is 4.32. The number of carbonyl (C=O) groups is 1. The summed E-state index contributed by atoms with van der Waals surface area (Å²) in [6.07, 6.45) is 3.47. The van der Waals surface area contributed by atoms with Crippen LogP contribution in [-0.4, -0.2) is 44.7 Å². The Morgan fingerprint density at radius 1 is 0.968 bits per heavy atom. The van der Waals surface area contributed by atoms with E-state index >= 15 is 0 Å². The van der Waals surface area contributed by atoms with Crippen LogP contribution in [0.3, 0.4) is 0 Å². The number of piperidine rings is 1. The highest BCUT2D eigenvalue weighted by atomic mass is 16.2. The van der Waals surface area contributed by atoms with Crippen LogP contribution in [0.25, 0.3) is 22.2 Å². The predicted octanol–water partition coefficient (Wildman–Crippen LogP) is 4.20. The number of rotatable bonds is 5. The third-order valence-electron chi connectivity index (χ3n) is 5.95. The lowest BCUT2D eigenvalue weighted by Gasteiger charge is -2.33. The van der Waals surface area contributed by atoms with Crippen LogP contribution in [0.1, 0.15) is 12.8 Å². The summed E-state index contributed by atoms with van der Waals surface area (Å²) >= 11 is 0. The standard InChI is InChI=1S/C25H25N5O/c31-25(29-15-12-21(13-16-29)27-24-11-6-14-26-28-24)18-30-22-10-5-4-9-20(22)17-23(30)19-7-2-1-3-8-19/h1-11,14,17,21H,12-13,15-16,18H2,(H,27,28). The number of hydrogen-bond donors (Lipinski definition) is 1. The van der Waals surface area contributed by atoms with Gasteiger partial charge in [-0.3, -0.25) is 4.79 Å². The molecule has 0 aliphatic carbocycles. The summed E-state index contributed by atoms with van der Waals surface area (Å²) in [6.45, 7) is 1.84. The van der Waals surface area contributed by atoms with Crippen molar-refractivity contribution in [2.24, 2.45) is 0 Å². The lowest BCUT2D eigenvalue weighted by Crippen LogP contribution is -2.43. The number of nitrogens with zero attached hydrogens (tertiary/aromatic N) is 4. The van der Waals surface area contributed by atoms with Gasteiger partial charge >= 0.3 is 0 Å². The molecule has 1 amide bonds. The summed E-state index contributed by atoms with van der Waals surface area (Å²) in [5, 5.41) is 12.6. The molecule has 1 saturated heterocycles. The molecule has 3 heterocycles. The Kier molecular flexibility index (Phi) is 5.35. The number of carbonyl (C=O) groups excluding carboxylic acids is 1. The first-order chi connectivity index (χ1) is 15.3. The highest BCUT2D eigenvalue weighted by molar-refractivity contribution is 5.89. The van der Waals surface area contributed by atoms with Gasteiger partial charge in [-0.05, 0) is 42.7 Å². The molecule has 0 atom stereocenters. The minimum absolute atomic E-state index is 0.163. The molecule has 31 heavy (non-hydrogen) atoms. The number of aromatic nitrogens is 3. The Morgan fingerprint density at radius 2 is 1.74 bits per heavy atom. The SMILES string of the molecule is O=C(Cn1c(-c2ccccc2)cc2ccccc21)N1CCC(Nc2cccnn2)CC1. The number of fused-ring (bicyclic) bond motifs is 1. The Labute approximate surface area is 181 Å². The van der Waals surface area contributed by atoms with Crippen molar-refractivity contribution in [1.29, 1.82) is 0 Å². The van der Waals surface area contributed by atoms with Gasteiger partial charge < -0.3 is 14.8 Å². The van der Waals surface area contributed by atoms with Crippen molar-refractivity contribution in [2.45, 2.75) is 25.4 Å². The highest BCUT2D eigenvalue weighted by Crippen LogP contribution is 2.28. The average Bonchev–Trinajstić information content (AvgIpc) is 3.19. The molecule has 0 unspecified atom stereocenters. The van der Waals surface area contributed by atoms with Gasteiger partial charge in [0.25, 0.3) is 0 Å². The molecule has 4 aromatic rings. The van der Waals surface area contributed by atoms with Crippen LogP contribution < -0.4 is 5.32 Å². The molecule has 1 N–H and O–H groups in total. The van der Waals surface area contributed by atoms with E-state index in [1.54, 1.807) is 6.20 Å². The maximum Gasteiger partial charge on any atom is 0.242 e. The van der Waals surface area contributed by atoms with Crippen LogP contribution in [0.5, 0.6) is 0 Å². The zero-order chi connectivity index (χ0) is 21.0. The van der Waals surface area contributed by atoms with Crippen molar-refractivity contribution in [1.82, 2.24) is 19.7 Å². The summed E-state index contributed by atoms with van der Waals surface area (Å²) in [5.41, 5.74) is 3.29. The smallest absolute Gasteiger partial charge is 0.242 e. The molecule has 1 fully saturated rings. The second-order valence-electron chi connectivity index (χ2n) is 7.95. The predicted molar refractivity (Wildman–Crippen MR) is 123 cm³/mol. The molecule has 0 spiro atoms. The normalized spacial score (nSPS) is 14.6. The van der Waals surface area contributed by atoms with Crippen molar-refractivity contribution in [2.75, 3.05) is 18.4 Å². The average molecular weight is 412 g/mol. The van der Waals surface area contributed by atoms with Gasteiger partial charge in [0.2, 0.25) is 5.91 Å². The molecular weight excluding hydrogens is 386 g/mol. The number of likely N-dealkylation sites (tertiary alicyclic amines) is 1. The van der Waals surface area contributed by atoms with Crippen molar-refractivity contribution >= 4 is 22.6 Å². The van der Waals surface area contributed by atoms with Gasteiger partial charge in [0.15, 0.2) is 0 Å². The minimum Gasteiger partial charge on any atom is -0.366 e. The summed E-state index contributed by atoms with van der Waals surface area (Å²) in [4.78, 5) is 15.2. The molecule has 0 saturated carbocycles. The van der Waals surface area contributed by atoms with E-state index < -0.39 is 0 Å². The zero-order valence-electron chi connectivity index (χ0n) is 17.3. The van der Waals surface area contributed by atoms with E-state index in [9.17, 15) is 4.79 Å². The lowest BCUT2D eigenvalue weighted by atomic mass is 10.0. The molecule has 0 bridgehead atoms. The molecule has 1 aliphatic heterocycles. The number of para-hydroxylation sites is 1. The quantitative estimate of drug-likeness (QED) is 0.535. The monoisotopic (exact) mass is 411 g/mol. The number of anilines is 1. The van der Waals surface area contributed by atoms with E-state index in [1.807, 2.05) is 47.4 Å². The first-order valence-corrected chi connectivity index (χ1v) is 10.7. The van der Waals surface area contributed by atoms with Crippen molar-refractivity contribution in [3.63, 3.8) is 0 Å². The van der Waals surface area contributed by atoms with Gasteiger partial charge in [-0.2, -0.15) is 5.10 Å². The van der Waals surface area contributed by atoms with E-state index in [1.165, 1.54) is 0 Å². The van der Waals surface area contributed by atoms with Crippen LogP contribution in [0, 0.1) is 0 Å². The highest BCUT2D eigenvalue weighted by Gasteiger charge is 2.24. The molecule has 2 aromatic carbocycles. The maximum atomic E-state index is 13.2. The Bertz CT molecular complexity index is 1160. The summed E-state index contributed by atoms with van der Waals surface area (Å²) in [7, 11) is 0. The lowest BCUT2D eigenvalue weighted by molar-refractivity contribution is -0.132. The Hall–Kier alpha value is -3.67. The number of amides is 1. The fraction of sp³-hybridized carbons (Fsp3) is 0.240.